The standard InChI is InChI=1S/C34H43F2N3O3/c1-5-7-8-12-39(4)34(42)28-14-23(3)13-27(19-28)33(41)38-31(18-26-16-29(35)20-30(36)17-26)32(40)22-37-21-25-11-9-10-24(6-2)15-25/h9-11,13-17,19-20,31-32,37,40H,5-8,12,18,21-22H2,1-4H3,(H,38,41)/t31-,32+/m0/s1. The Labute approximate surface area is 248 Å². The number of benzene rings is 3. The molecule has 0 heterocycles. The number of unbranched alkanes of at least 4 members (excludes halogenated alkanes) is 2. The summed E-state index contributed by atoms with van der Waals surface area (Å²) < 4.78 is 27.9. The van der Waals surface area contributed by atoms with E-state index in [-0.39, 0.29) is 24.4 Å². The normalized spacial score (nSPS) is 12.5. The predicted octanol–water partition coefficient (Wildman–Crippen LogP) is 5.59. The fourth-order valence-corrected chi connectivity index (χ4v) is 4.94. The van der Waals surface area contributed by atoms with Gasteiger partial charge in [-0.2, -0.15) is 0 Å². The molecule has 6 nitrogen and oxygen atoms in total. The van der Waals surface area contributed by atoms with Crippen LogP contribution in [0, 0.1) is 18.6 Å². The third-order valence-corrected chi connectivity index (χ3v) is 7.27. The maximum atomic E-state index is 13.9. The zero-order valence-electron chi connectivity index (χ0n) is 25.1. The highest BCUT2D eigenvalue weighted by Crippen LogP contribution is 2.16. The van der Waals surface area contributed by atoms with Gasteiger partial charge in [0, 0.05) is 43.9 Å². The van der Waals surface area contributed by atoms with E-state index >= 15 is 0 Å². The number of rotatable bonds is 15. The van der Waals surface area contributed by atoms with Gasteiger partial charge in [-0.1, -0.05) is 51.0 Å². The number of carbonyl (C=O) groups excluding carboxylic acids is 2. The zero-order chi connectivity index (χ0) is 30.6. The molecular formula is C34H43F2N3O3. The van der Waals surface area contributed by atoms with Crippen LogP contribution in [0.5, 0.6) is 0 Å². The summed E-state index contributed by atoms with van der Waals surface area (Å²) in [5.41, 5.74) is 3.99. The first-order chi connectivity index (χ1) is 20.1. The van der Waals surface area contributed by atoms with Crippen molar-refractivity contribution < 1.29 is 23.5 Å². The van der Waals surface area contributed by atoms with Crippen molar-refractivity contribution >= 4 is 11.8 Å². The van der Waals surface area contributed by atoms with E-state index in [2.05, 4.69) is 36.6 Å². The molecule has 8 heteroatoms. The van der Waals surface area contributed by atoms with E-state index in [9.17, 15) is 23.5 Å². The van der Waals surface area contributed by atoms with Crippen molar-refractivity contribution in [2.45, 2.75) is 71.6 Å². The molecule has 0 fully saturated rings. The van der Waals surface area contributed by atoms with Crippen LogP contribution in [-0.4, -0.2) is 54.1 Å². The van der Waals surface area contributed by atoms with Gasteiger partial charge in [0.15, 0.2) is 0 Å². The molecule has 0 spiro atoms. The number of hydrogen-bond acceptors (Lipinski definition) is 4. The summed E-state index contributed by atoms with van der Waals surface area (Å²) in [6.45, 7) is 7.26. The van der Waals surface area contributed by atoms with Crippen molar-refractivity contribution in [3.63, 3.8) is 0 Å². The fraction of sp³-hybridized carbons (Fsp3) is 0.412. The fourth-order valence-electron chi connectivity index (χ4n) is 4.94. The third-order valence-electron chi connectivity index (χ3n) is 7.27. The number of carbonyl (C=O) groups is 2. The largest absolute Gasteiger partial charge is 0.390 e. The molecule has 2 atom stereocenters. The molecule has 226 valence electrons. The predicted molar refractivity (Wildman–Crippen MR) is 163 cm³/mol. The van der Waals surface area contributed by atoms with Crippen molar-refractivity contribution in [1.29, 1.82) is 0 Å². The highest BCUT2D eigenvalue weighted by molar-refractivity contribution is 6.00. The quantitative estimate of drug-likeness (QED) is 0.205. The first-order valence-electron chi connectivity index (χ1n) is 14.7. The molecule has 3 N–H and O–H groups in total. The lowest BCUT2D eigenvalue weighted by Crippen LogP contribution is -2.48. The van der Waals surface area contributed by atoms with Crippen LogP contribution >= 0.6 is 0 Å². The van der Waals surface area contributed by atoms with E-state index in [1.807, 2.05) is 19.1 Å². The molecule has 3 rings (SSSR count). The van der Waals surface area contributed by atoms with Gasteiger partial charge in [-0.3, -0.25) is 9.59 Å². The number of nitrogens with one attached hydrogen (secondary N) is 2. The van der Waals surface area contributed by atoms with Gasteiger partial charge in [0.1, 0.15) is 11.6 Å². The molecule has 0 saturated heterocycles. The molecule has 2 amide bonds. The number of aliphatic hydroxyl groups is 1. The minimum atomic E-state index is -1.06. The summed E-state index contributed by atoms with van der Waals surface area (Å²) in [5.74, 6) is -2.13. The van der Waals surface area contributed by atoms with Gasteiger partial charge in [0.2, 0.25) is 0 Å². The molecule has 42 heavy (non-hydrogen) atoms. The maximum absolute atomic E-state index is 13.9. The van der Waals surface area contributed by atoms with Gasteiger partial charge in [0.05, 0.1) is 12.1 Å². The molecule has 0 unspecified atom stereocenters. The SMILES string of the molecule is CCCCCN(C)C(=O)c1cc(C)cc(C(=O)N[C@@H](Cc2cc(F)cc(F)c2)[C@H](O)CNCc2cccc(CC)c2)c1. The van der Waals surface area contributed by atoms with Crippen LogP contribution in [0.1, 0.15) is 76.1 Å². The monoisotopic (exact) mass is 579 g/mol. The Bertz CT molecular complexity index is 1330. The van der Waals surface area contributed by atoms with Crippen molar-refractivity contribution in [2.24, 2.45) is 0 Å². The Morgan fingerprint density at radius 2 is 1.60 bits per heavy atom. The lowest BCUT2D eigenvalue weighted by atomic mass is 9.99. The van der Waals surface area contributed by atoms with E-state index in [4.69, 9.17) is 0 Å². The molecule has 0 bridgehead atoms. The number of aryl methyl sites for hydroxylation is 2. The maximum Gasteiger partial charge on any atom is 0.253 e. The van der Waals surface area contributed by atoms with Crippen molar-refractivity contribution in [3.05, 3.63) is 106 Å². The van der Waals surface area contributed by atoms with Crippen LogP contribution in [0.4, 0.5) is 8.78 Å². The van der Waals surface area contributed by atoms with Gasteiger partial charge >= 0.3 is 0 Å². The second kappa shape index (κ2) is 16.1. The molecule has 0 aliphatic heterocycles. The number of nitrogens with zero attached hydrogens (tertiary/aromatic N) is 1. The topological polar surface area (TPSA) is 81.7 Å². The summed E-state index contributed by atoms with van der Waals surface area (Å²) in [6.07, 6.45) is 2.83. The second-order valence-corrected chi connectivity index (χ2v) is 11.0. The van der Waals surface area contributed by atoms with Crippen molar-refractivity contribution in [1.82, 2.24) is 15.5 Å². The van der Waals surface area contributed by atoms with Gasteiger partial charge in [-0.15, -0.1) is 0 Å². The van der Waals surface area contributed by atoms with E-state index in [1.165, 1.54) is 17.7 Å². The van der Waals surface area contributed by atoms with Gasteiger partial charge < -0.3 is 20.6 Å². The van der Waals surface area contributed by atoms with E-state index in [0.29, 0.717) is 24.2 Å². The lowest BCUT2D eigenvalue weighted by molar-refractivity contribution is 0.0792. The molecule has 0 aromatic heterocycles. The minimum Gasteiger partial charge on any atom is -0.390 e. The van der Waals surface area contributed by atoms with Crippen LogP contribution in [0.3, 0.4) is 0 Å². The molecule has 0 aliphatic rings. The number of aliphatic hydroxyl groups excluding tert-OH is 1. The van der Waals surface area contributed by atoms with Gasteiger partial charge in [-0.05, 0) is 78.8 Å². The Morgan fingerprint density at radius 1 is 0.905 bits per heavy atom. The first kappa shape index (κ1) is 32.9. The molecule has 3 aromatic rings. The summed E-state index contributed by atoms with van der Waals surface area (Å²) >= 11 is 0. The Kier molecular flexibility index (Phi) is 12.6. The summed E-state index contributed by atoms with van der Waals surface area (Å²) in [4.78, 5) is 28.1. The molecule has 0 radical (unpaired) electrons. The molecule has 0 aliphatic carbocycles. The number of hydrogen-bond donors (Lipinski definition) is 3. The first-order valence-corrected chi connectivity index (χ1v) is 14.7. The number of amides is 2. The Balaban J connectivity index is 1.77. The smallest absolute Gasteiger partial charge is 0.253 e. The zero-order valence-corrected chi connectivity index (χ0v) is 25.1. The van der Waals surface area contributed by atoms with E-state index in [1.54, 1.807) is 30.1 Å². The third kappa shape index (κ3) is 10.0. The summed E-state index contributed by atoms with van der Waals surface area (Å²) in [6, 6.07) is 15.4. The van der Waals surface area contributed by atoms with Crippen LogP contribution in [0.2, 0.25) is 0 Å². The minimum absolute atomic E-state index is 0.00631. The highest BCUT2D eigenvalue weighted by Gasteiger charge is 2.24. The second-order valence-electron chi connectivity index (χ2n) is 11.0. The molecular weight excluding hydrogens is 536 g/mol. The average molecular weight is 580 g/mol. The summed E-state index contributed by atoms with van der Waals surface area (Å²) in [5, 5.41) is 17.2. The van der Waals surface area contributed by atoms with Crippen LogP contribution in [-0.2, 0) is 19.4 Å². The Hall–Kier alpha value is -3.62. The summed E-state index contributed by atoms with van der Waals surface area (Å²) in [7, 11) is 1.75. The van der Waals surface area contributed by atoms with Crippen molar-refractivity contribution in [3.8, 4) is 0 Å². The number of halogens is 2. The molecule has 3 aromatic carbocycles. The van der Waals surface area contributed by atoms with Crippen LogP contribution in [0.25, 0.3) is 0 Å². The highest BCUT2D eigenvalue weighted by atomic mass is 19.1. The van der Waals surface area contributed by atoms with Gasteiger partial charge in [0.25, 0.3) is 11.8 Å². The lowest BCUT2D eigenvalue weighted by Gasteiger charge is -2.25. The van der Waals surface area contributed by atoms with Crippen LogP contribution < -0.4 is 10.6 Å². The van der Waals surface area contributed by atoms with E-state index in [0.717, 1.165) is 42.9 Å². The van der Waals surface area contributed by atoms with Crippen molar-refractivity contribution in [2.75, 3.05) is 20.1 Å². The van der Waals surface area contributed by atoms with Gasteiger partial charge in [-0.25, -0.2) is 8.78 Å². The van der Waals surface area contributed by atoms with Crippen LogP contribution in [0.15, 0.2) is 60.7 Å². The molecule has 0 saturated carbocycles. The average Bonchev–Trinajstić information content (AvgIpc) is 2.95. The Morgan fingerprint density at radius 3 is 2.29 bits per heavy atom. The van der Waals surface area contributed by atoms with E-state index < -0.39 is 29.7 Å².